The molecular weight excluding hydrogens is 421 g/mol. The zero-order valence-electron chi connectivity index (χ0n) is 18.3. The molecule has 2 aliphatic rings. The Balaban J connectivity index is 2.44. The molecule has 2 heterocycles. The van der Waals surface area contributed by atoms with E-state index in [4.69, 9.17) is 22.8 Å². The van der Waals surface area contributed by atoms with E-state index in [1.54, 1.807) is 0 Å². The first-order chi connectivity index (χ1) is 13.0. The molecule has 0 aromatic carbocycles. The number of ether oxygens (including phenoxy) is 2. The van der Waals surface area contributed by atoms with Gasteiger partial charge < -0.3 is 33.4 Å². The maximum atomic E-state index is 11.8. The molecule has 29 heavy (non-hydrogen) atoms. The standard InChI is InChI=1S/C17H34NO9PSi/c1-10(19)18-12-14(23-8)13-11(25-15(12)26-28(20,21)22)9-24-29(27-13,16(2,3)4)17(5,6)7/h11-15H,9H2,1-8H3,(H,18,19)(H2,20,21,22)/t11-,12-,13-,14-,15-/m1/s1. The molecular formula is C17H34NO9PSi. The Morgan fingerprint density at radius 1 is 1.17 bits per heavy atom. The lowest BCUT2D eigenvalue weighted by atomic mass is 9.96. The zero-order valence-corrected chi connectivity index (χ0v) is 20.2. The van der Waals surface area contributed by atoms with Crippen molar-refractivity contribution in [2.75, 3.05) is 13.7 Å². The summed E-state index contributed by atoms with van der Waals surface area (Å²) in [5.41, 5.74) is 0. The maximum absolute atomic E-state index is 11.8. The Morgan fingerprint density at radius 3 is 2.14 bits per heavy atom. The molecule has 0 unspecified atom stereocenters. The third-order valence-electron chi connectivity index (χ3n) is 5.26. The summed E-state index contributed by atoms with van der Waals surface area (Å²) in [6.07, 6.45) is -3.45. The smallest absolute Gasteiger partial charge is 0.391 e. The Labute approximate surface area is 173 Å². The molecule has 0 aromatic heterocycles. The summed E-state index contributed by atoms with van der Waals surface area (Å²) in [7, 11) is -6.29. The summed E-state index contributed by atoms with van der Waals surface area (Å²) in [5.74, 6) is -0.416. The Kier molecular flexibility index (Phi) is 7.12. The average molecular weight is 456 g/mol. The van der Waals surface area contributed by atoms with Crippen LogP contribution >= 0.6 is 7.82 Å². The van der Waals surface area contributed by atoms with Crippen molar-refractivity contribution < 1.29 is 42.0 Å². The van der Waals surface area contributed by atoms with Crippen LogP contribution in [0, 0.1) is 0 Å². The highest BCUT2D eigenvalue weighted by atomic mass is 31.2. The van der Waals surface area contributed by atoms with E-state index >= 15 is 0 Å². The van der Waals surface area contributed by atoms with E-state index in [-0.39, 0.29) is 16.7 Å². The molecule has 1 amide bonds. The van der Waals surface area contributed by atoms with Crippen LogP contribution in [0.1, 0.15) is 48.5 Å². The van der Waals surface area contributed by atoms with Crippen LogP contribution in [0.3, 0.4) is 0 Å². The van der Waals surface area contributed by atoms with Crippen molar-refractivity contribution in [3.8, 4) is 0 Å². The summed E-state index contributed by atoms with van der Waals surface area (Å²) in [5, 5.41) is 2.07. The molecule has 0 bridgehead atoms. The molecule has 5 atom stereocenters. The quantitative estimate of drug-likeness (QED) is 0.429. The first-order valence-corrected chi connectivity index (χ1v) is 12.9. The van der Waals surface area contributed by atoms with E-state index < -0.39 is 52.9 Å². The summed E-state index contributed by atoms with van der Waals surface area (Å²) >= 11 is 0. The summed E-state index contributed by atoms with van der Waals surface area (Å²) < 4.78 is 40.7. The molecule has 0 radical (unpaired) electrons. The lowest BCUT2D eigenvalue weighted by Crippen LogP contribution is -2.73. The molecule has 2 aliphatic heterocycles. The Morgan fingerprint density at radius 2 is 1.72 bits per heavy atom. The number of hydrogen-bond acceptors (Lipinski definition) is 7. The lowest BCUT2D eigenvalue weighted by molar-refractivity contribution is -0.264. The number of nitrogens with one attached hydrogen (secondary N) is 1. The summed E-state index contributed by atoms with van der Waals surface area (Å²) in [6, 6.07) is -0.976. The third kappa shape index (κ3) is 5.11. The van der Waals surface area contributed by atoms with Crippen LogP contribution in [-0.4, -0.2) is 68.6 Å². The number of fused-ring (bicyclic) bond motifs is 1. The minimum atomic E-state index is -4.88. The molecule has 10 nitrogen and oxygen atoms in total. The van der Waals surface area contributed by atoms with E-state index in [9.17, 15) is 19.1 Å². The van der Waals surface area contributed by atoms with E-state index in [1.807, 2.05) is 0 Å². The van der Waals surface area contributed by atoms with Gasteiger partial charge in [-0.1, -0.05) is 41.5 Å². The highest BCUT2D eigenvalue weighted by molar-refractivity contribution is 7.46. The van der Waals surface area contributed by atoms with Crippen molar-refractivity contribution in [3.05, 3.63) is 0 Å². The van der Waals surface area contributed by atoms with Crippen LogP contribution in [0.5, 0.6) is 0 Å². The molecule has 3 N–H and O–H groups in total. The molecule has 2 saturated heterocycles. The van der Waals surface area contributed by atoms with Gasteiger partial charge in [0.2, 0.25) is 5.91 Å². The predicted octanol–water partition coefficient (Wildman–Crippen LogP) is 1.80. The topological polar surface area (TPSA) is 133 Å². The van der Waals surface area contributed by atoms with Crippen molar-refractivity contribution in [1.29, 1.82) is 0 Å². The SMILES string of the molecule is CO[C@@H]1[C@@H](NC(C)=O)[C@@H](OP(=O)(O)O)O[C@@H]2CO[Si](C(C)(C)C)(C(C)(C)C)O[C@@H]12. The first kappa shape index (κ1) is 24.9. The van der Waals surface area contributed by atoms with E-state index in [0.717, 1.165) is 0 Å². The van der Waals surface area contributed by atoms with Crippen LogP contribution in [0.4, 0.5) is 0 Å². The number of phosphoric acid groups is 1. The van der Waals surface area contributed by atoms with Gasteiger partial charge in [0.1, 0.15) is 24.4 Å². The van der Waals surface area contributed by atoms with Gasteiger partial charge >= 0.3 is 16.4 Å². The molecule has 12 heteroatoms. The maximum Gasteiger partial charge on any atom is 0.472 e. The number of rotatable bonds is 4. The second kappa shape index (κ2) is 8.29. The van der Waals surface area contributed by atoms with Gasteiger partial charge in [-0.2, -0.15) is 0 Å². The predicted molar refractivity (Wildman–Crippen MR) is 106 cm³/mol. The largest absolute Gasteiger partial charge is 0.472 e. The summed E-state index contributed by atoms with van der Waals surface area (Å²) in [4.78, 5) is 30.3. The van der Waals surface area contributed by atoms with Crippen LogP contribution in [-0.2, 0) is 32.2 Å². The van der Waals surface area contributed by atoms with Gasteiger partial charge in [-0.3, -0.25) is 9.32 Å². The molecule has 2 rings (SSSR count). The Bertz CT molecular complexity index is 642. The fraction of sp³-hybridized carbons (Fsp3) is 0.941. The molecule has 0 saturated carbocycles. The first-order valence-electron chi connectivity index (χ1n) is 9.53. The highest BCUT2D eigenvalue weighted by Crippen LogP contribution is 2.55. The number of amides is 1. The van der Waals surface area contributed by atoms with Gasteiger partial charge in [-0.15, -0.1) is 0 Å². The van der Waals surface area contributed by atoms with Gasteiger partial charge in [-0.05, 0) is 0 Å². The van der Waals surface area contributed by atoms with E-state index in [2.05, 4.69) is 46.9 Å². The minimum Gasteiger partial charge on any atom is -0.391 e. The van der Waals surface area contributed by atoms with Crippen LogP contribution < -0.4 is 5.32 Å². The minimum absolute atomic E-state index is 0.166. The Hall–Kier alpha value is -0.363. The number of hydrogen-bond donors (Lipinski definition) is 3. The van der Waals surface area contributed by atoms with Gasteiger partial charge in [0.25, 0.3) is 0 Å². The molecule has 0 spiro atoms. The fourth-order valence-corrected chi connectivity index (χ4v) is 9.82. The molecule has 0 aromatic rings. The fourth-order valence-electron chi connectivity index (χ4n) is 4.41. The molecule has 2 fully saturated rings. The second-order valence-electron chi connectivity index (χ2n) is 9.58. The third-order valence-corrected chi connectivity index (χ3v) is 10.9. The number of phosphoric ester groups is 1. The lowest BCUT2D eigenvalue weighted by Gasteiger charge is -2.58. The van der Waals surface area contributed by atoms with Gasteiger partial charge in [-0.25, -0.2) is 4.57 Å². The number of methoxy groups -OCH3 is 1. The van der Waals surface area contributed by atoms with Crippen LogP contribution in [0.15, 0.2) is 0 Å². The average Bonchev–Trinajstić information content (AvgIpc) is 2.51. The van der Waals surface area contributed by atoms with Gasteiger partial charge in [0.05, 0.1) is 6.61 Å². The number of carbonyl (C=O) groups excluding carboxylic acids is 1. The van der Waals surface area contributed by atoms with E-state index in [0.29, 0.717) is 0 Å². The number of carbonyl (C=O) groups is 1. The molecule has 170 valence electrons. The van der Waals surface area contributed by atoms with E-state index in [1.165, 1.54) is 14.0 Å². The van der Waals surface area contributed by atoms with Crippen molar-refractivity contribution in [1.82, 2.24) is 5.32 Å². The second-order valence-corrected chi connectivity index (χ2v) is 15.5. The van der Waals surface area contributed by atoms with Gasteiger partial charge in [0.15, 0.2) is 6.29 Å². The monoisotopic (exact) mass is 455 g/mol. The van der Waals surface area contributed by atoms with Crippen molar-refractivity contribution in [3.63, 3.8) is 0 Å². The molecule has 0 aliphatic carbocycles. The van der Waals surface area contributed by atoms with Crippen LogP contribution in [0.2, 0.25) is 10.1 Å². The normalized spacial score (nSPS) is 33.1. The highest BCUT2D eigenvalue weighted by Gasteiger charge is 2.65. The zero-order chi connectivity index (χ0) is 22.4. The van der Waals surface area contributed by atoms with Crippen molar-refractivity contribution in [2.24, 2.45) is 0 Å². The van der Waals surface area contributed by atoms with Crippen molar-refractivity contribution >= 4 is 22.3 Å². The van der Waals surface area contributed by atoms with Gasteiger partial charge in [0, 0.05) is 24.1 Å². The van der Waals surface area contributed by atoms with Crippen LogP contribution in [0.25, 0.3) is 0 Å². The van der Waals surface area contributed by atoms with Crippen molar-refractivity contribution in [2.45, 2.75) is 89.2 Å². The summed E-state index contributed by atoms with van der Waals surface area (Å²) in [6.45, 7) is 13.9.